The molecule has 0 aliphatic heterocycles. The van der Waals surface area contributed by atoms with Crippen molar-refractivity contribution in [3.63, 3.8) is 0 Å². The second-order valence-electron chi connectivity index (χ2n) is 8.45. The Kier molecular flexibility index (Phi) is 5.93. The summed E-state index contributed by atoms with van der Waals surface area (Å²) >= 11 is 3.44. The maximum absolute atomic E-state index is 13.4. The summed E-state index contributed by atoms with van der Waals surface area (Å²) < 4.78 is 42.8. The molecule has 1 aliphatic rings. The quantitative estimate of drug-likeness (QED) is 0.325. The average Bonchev–Trinajstić information content (AvgIpc) is 3.25. The number of fused-ring (bicyclic) bond motifs is 2. The topological polar surface area (TPSA) is 71.3 Å². The second kappa shape index (κ2) is 8.90. The van der Waals surface area contributed by atoms with E-state index in [1.807, 2.05) is 18.2 Å². The molecule has 1 aromatic carbocycles. The lowest BCUT2D eigenvalue weighted by Gasteiger charge is -2.31. The number of benzene rings is 1. The first-order valence-corrected chi connectivity index (χ1v) is 11.8. The van der Waals surface area contributed by atoms with Gasteiger partial charge in [-0.1, -0.05) is 24.3 Å². The molecule has 34 heavy (non-hydrogen) atoms. The molecule has 2 atom stereocenters. The van der Waals surface area contributed by atoms with Crippen LogP contribution >= 0.6 is 15.9 Å². The molecule has 0 unspecified atom stereocenters. The number of imidazole rings is 1. The van der Waals surface area contributed by atoms with E-state index in [1.165, 1.54) is 0 Å². The van der Waals surface area contributed by atoms with Crippen LogP contribution in [0.4, 0.5) is 18.9 Å². The van der Waals surface area contributed by atoms with Gasteiger partial charge in [0.25, 0.3) is 5.91 Å². The summed E-state index contributed by atoms with van der Waals surface area (Å²) in [5.74, 6) is -0.269. The third kappa shape index (κ3) is 4.59. The van der Waals surface area contributed by atoms with Gasteiger partial charge < -0.3 is 10.6 Å². The standard InChI is InChI=1S/C24H21BrF3N5O/c25-21-9-4-10-22-32-19(13-33(21)22)23(34)30-15-6-3-5-14(11-15)29-18-12-20(24(26,27)28)31-17-8-2-1-7-16(17)18/h1-2,4,7-10,12-15H,3,5-6,11H2,(H,29,31)(H,30,34)/t14-,15+/m0/s1. The number of hydrogen-bond acceptors (Lipinski definition) is 4. The van der Waals surface area contributed by atoms with E-state index in [9.17, 15) is 18.0 Å². The summed E-state index contributed by atoms with van der Waals surface area (Å²) in [7, 11) is 0. The molecule has 5 rings (SSSR count). The van der Waals surface area contributed by atoms with Gasteiger partial charge in [-0.15, -0.1) is 0 Å². The van der Waals surface area contributed by atoms with Crippen LogP contribution in [0, 0.1) is 0 Å². The number of carbonyl (C=O) groups is 1. The molecule has 1 saturated carbocycles. The predicted molar refractivity (Wildman–Crippen MR) is 127 cm³/mol. The molecule has 176 valence electrons. The largest absolute Gasteiger partial charge is 0.433 e. The summed E-state index contributed by atoms with van der Waals surface area (Å²) in [5.41, 5.74) is 0.746. The molecule has 1 aliphatic carbocycles. The van der Waals surface area contributed by atoms with E-state index in [4.69, 9.17) is 0 Å². The van der Waals surface area contributed by atoms with Gasteiger partial charge in [-0.3, -0.25) is 9.20 Å². The van der Waals surface area contributed by atoms with Crippen molar-refractivity contribution in [3.05, 3.63) is 70.7 Å². The van der Waals surface area contributed by atoms with Crippen LogP contribution in [0.5, 0.6) is 0 Å². The van der Waals surface area contributed by atoms with E-state index in [1.54, 1.807) is 34.9 Å². The first-order valence-electron chi connectivity index (χ1n) is 11.0. The summed E-state index contributed by atoms with van der Waals surface area (Å²) in [6.45, 7) is 0. The van der Waals surface area contributed by atoms with E-state index >= 15 is 0 Å². The average molecular weight is 532 g/mol. The highest BCUT2D eigenvalue weighted by molar-refractivity contribution is 9.10. The molecule has 3 aromatic heterocycles. The first-order chi connectivity index (χ1) is 16.3. The van der Waals surface area contributed by atoms with Gasteiger partial charge >= 0.3 is 6.18 Å². The number of rotatable bonds is 4. The number of para-hydroxylation sites is 1. The second-order valence-corrected chi connectivity index (χ2v) is 9.26. The highest BCUT2D eigenvalue weighted by Crippen LogP contribution is 2.34. The smallest absolute Gasteiger partial charge is 0.382 e. The maximum atomic E-state index is 13.4. The molecular weight excluding hydrogens is 511 g/mol. The van der Waals surface area contributed by atoms with Crippen LogP contribution in [0.15, 0.2) is 59.3 Å². The molecule has 2 N–H and O–H groups in total. The number of nitrogens with one attached hydrogen (secondary N) is 2. The Morgan fingerprint density at radius 1 is 1.06 bits per heavy atom. The number of nitrogens with zero attached hydrogens (tertiary/aromatic N) is 3. The van der Waals surface area contributed by atoms with E-state index in [0.717, 1.165) is 29.9 Å². The van der Waals surface area contributed by atoms with E-state index in [2.05, 4.69) is 36.5 Å². The van der Waals surface area contributed by atoms with Gasteiger partial charge in [0, 0.05) is 29.4 Å². The summed E-state index contributed by atoms with van der Waals surface area (Å²) in [6, 6.07) is 13.2. The Hall–Kier alpha value is -3.14. The van der Waals surface area contributed by atoms with Crippen molar-refractivity contribution in [2.75, 3.05) is 5.32 Å². The number of carbonyl (C=O) groups excluding carboxylic acids is 1. The zero-order valence-electron chi connectivity index (χ0n) is 17.9. The van der Waals surface area contributed by atoms with Crippen LogP contribution in [-0.2, 0) is 6.18 Å². The van der Waals surface area contributed by atoms with Gasteiger partial charge in [0.05, 0.1) is 10.1 Å². The van der Waals surface area contributed by atoms with Crippen molar-refractivity contribution in [1.29, 1.82) is 0 Å². The van der Waals surface area contributed by atoms with E-state index < -0.39 is 11.9 Å². The van der Waals surface area contributed by atoms with Gasteiger partial charge in [0.2, 0.25) is 0 Å². The number of pyridine rings is 2. The van der Waals surface area contributed by atoms with Crippen molar-refractivity contribution in [2.24, 2.45) is 0 Å². The third-order valence-corrected chi connectivity index (χ3v) is 6.70. The van der Waals surface area contributed by atoms with Crippen molar-refractivity contribution < 1.29 is 18.0 Å². The van der Waals surface area contributed by atoms with E-state index in [0.29, 0.717) is 34.4 Å². The minimum absolute atomic E-state index is 0.0823. The molecule has 0 spiro atoms. The number of halogens is 4. The third-order valence-electron chi connectivity index (χ3n) is 6.05. The molecule has 10 heteroatoms. The van der Waals surface area contributed by atoms with Gasteiger partial charge in [-0.25, -0.2) is 9.97 Å². The Labute approximate surface area is 201 Å². The SMILES string of the molecule is O=C(N[C@@H]1CCC[C@H](Nc2cc(C(F)(F)F)nc3ccccc23)C1)c1cn2c(Br)cccc2n1. The van der Waals surface area contributed by atoms with Crippen LogP contribution < -0.4 is 10.6 Å². The van der Waals surface area contributed by atoms with Crippen molar-refractivity contribution in [1.82, 2.24) is 19.7 Å². The Morgan fingerprint density at radius 2 is 1.85 bits per heavy atom. The molecule has 4 aromatic rings. The van der Waals surface area contributed by atoms with Gasteiger partial charge in [-0.2, -0.15) is 13.2 Å². The van der Waals surface area contributed by atoms with E-state index in [-0.39, 0.29) is 18.0 Å². The number of hydrogen-bond donors (Lipinski definition) is 2. The molecule has 1 amide bonds. The number of amides is 1. The van der Waals surface area contributed by atoms with Crippen LogP contribution in [-0.4, -0.2) is 32.4 Å². The van der Waals surface area contributed by atoms with Gasteiger partial charge in [0.1, 0.15) is 17.0 Å². The van der Waals surface area contributed by atoms with Crippen LogP contribution in [0.1, 0.15) is 41.9 Å². The molecule has 3 heterocycles. The van der Waals surface area contributed by atoms with Crippen molar-refractivity contribution in [3.8, 4) is 0 Å². The lowest BCUT2D eigenvalue weighted by Crippen LogP contribution is -2.42. The highest BCUT2D eigenvalue weighted by Gasteiger charge is 2.34. The molecule has 6 nitrogen and oxygen atoms in total. The Bertz CT molecular complexity index is 1370. The molecular formula is C24H21BrF3N5O. The van der Waals surface area contributed by atoms with Crippen molar-refractivity contribution in [2.45, 2.75) is 43.9 Å². The lowest BCUT2D eigenvalue weighted by molar-refractivity contribution is -0.140. The maximum Gasteiger partial charge on any atom is 0.433 e. The summed E-state index contributed by atoms with van der Waals surface area (Å²) in [4.78, 5) is 21.0. The molecule has 0 bridgehead atoms. The zero-order chi connectivity index (χ0) is 23.9. The molecule has 0 saturated heterocycles. The first kappa shape index (κ1) is 22.6. The highest BCUT2D eigenvalue weighted by atomic mass is 79.9. The predicted octanol–water partition coefficient (Wildman–Crippen LogP) is 5.82. The lowest BCUT2D eigenvalue weighted by atomic mass is 9.90. The fourth-order valence-corrected chi connectivity index (χ4v) is 4.89. The minimum atomic E-state index is -4.54. The van der Waals surface area contributed by atoms with Crippen LogP contribution in [0.3, 0.4) is 0 Å². The fraction of sp³-hybridized carbons (Fsp3) is 0.292. The number of anilines is 1. The number of aromatic nitrogens is 3. The van der Waals surface area contributed by atoms with Crippen LogP contribution in [0.25, 0.3) is 16.6 Å². The molecule has 0 radical (unpaired) electrons. The zero-order valence-corrected chi connectivity index (χ0v) is 19.5. The summed E-state index contributed by atoms with van der Waals surface area (Å²) in [5, 5.41) is 6.97. The summed E-state index contributed by atoms with van der Waals surface area (Å²) in [6.07, 6.45) is 0.175. The van der Waals surface area contributed by atoms with Crippen LogP contribution in [0.2, 0.25) is 0 Å². The van der Waals surface area contributed by atoms with Gasteiger partial charge in [0.15, 0.2) is 0 Å². The Morgan fingerprint density at radius 3 is 2.65 bits per heavy atom. The van der Waals surface area contributed by atoms with Gasteiger partial charge in [-0.05, 0) is 65.9 Å². The number of alkyl halides is 3. The minimum Gasteiger partial charge on any atom is -0.382 e. The fourth-order valence-electron chi connectivity index (χ4n) is 4.46. The monoisotopic (exact) mass is 531 g/mol. The Balaban J connectivity index is 1.32. The van der Waals surface area contributed by atoms with Crippen molar-refractivity contribution >= 4 is 44.1 Å². The normalized spacial score (nSPS) is 18.8. The molecule has 1 fully saturated rings.